The molecule has 0 saturated heterocycles. The number of halogens is 2. The Hall–Kier alpha value is -1.12. The Balaban J connectivity index is 2.52. The number of nitrogens with zero attached hydrogens (tertiary/aromatic N) is 2. The average molecular weight is 267 g/mol. The lowest BCUT2D eigenvalue weighted by Crippen LogP contribution is -1.97. The fraction of sp³-hybridized carbons (Fsp3) is 0.231. The summed E-state index contributed by atoms with van der Waals surface area (Å²) in [6.07, 6.45) is 0. The average Bonchev–Trinajstić information content (AvgIpc) is 2.28. The van der Waals surface area contributed by atoms with E-state index in [1.165, 1.54) is 0 Å². The van der Waals surface area contributed by atoms with Crippen molar-refractivity contribution in [3.8, 4) is 11.3 Å². The highest BCUT2D eigenvalue weighted by atomic mass is 35.5. The van der Waals surface area contributed by atoms with Gasteiger partial charge in [-0.3, -0.25) is 0 Å². The third kappa shape index (κ3) is 2.96. The maximum absolute atomic E-state index is 5.96. The van der Waals surface area contributed by atoms with Gasteiger partial charge in [0.15, 0.2) is 0 Å². The number of rotatable bonds is 2. The van der Waals surface area contributed by atoms with Crippen LogP contribution >= 0.6 is 23.2 Å². The van der Waals surface area contributed by atoms with E-state index in [0.717, 1.165) is 17.0 Å². The van der Waals surface area contributed by atoms with Crippen molar-refractivity contribution in [2.24, 2.45) is 0 Å². The normalized spacial score (nSPS) is 10.9. The molecule has 0 unspecified atom stereocenters. The standard InChI is InChI=1S/C13H12Cl2N2/c1-8(2)11-7-12(17-13(15)16-11)9-4-3-5-10(14)6-9/h3-8H,1-2H3. The number of aromatic nitrogens is 2. The molecule has 0 radical (unpaired) electrons. The summed E-state index contributed by atoms with van der Waals surface area (Å²) in [5.41, 5.74) is 2.68. The molecule has 2 nitrogen and oxygen atoms in total. The molecule has 1 aromatic heterocycles. The molecule has 2 aromatic rings. The van der Waals surface area contributed by atoms with E-state index in [9.17, 15) is 0 Å². The van der Waals surface area contributed by atoms with Crippen molar-refractivity contribution in [1.82, 2.24) is 9.97 Å². The zero-order chi connectivity index (χ0) is 12.4. The van der Waals surface area contributed by atoms with Crippen LogP contribution < -0.4 is 0 Å². The Morgan fingerprint density at radius 2 is 1.82 bits per heavy atom. The van der Waals surface area contributed by atoms with Crippen molar-refractivity contribution in [3.05, 3.63) is 46.3 Å². The maximum Gasteiger partial charge on any atom is 0.223 e. The fourth-order valence-electron chi connectivity index (χ4n) is 1.53. The van der Waals surface area contributed by atoms with E-state index >= 15 is 0 Å². The molecule has 0 saturated carbocycles. The second-order valence-electron chi connectivity index (χ2n) is 4.11. The van der Waals surface area contributed by atoms with Gasteiger partial charge in [-0.25, -0.2) is 9.97 Å². The molecule has 0 amide bonds. The molecule has 1 aromatic carbocycles. The molecule has 17 heavy (non-hydrogen) atoms. The number of hydrogen-bond acceptors (Lipinski definition) is 2. The van der Waals surface area contributed by atoms with E-state index in [1.54, 1.807) is 0 Å². The molecule has 0 aliphatic heterocycles. The zero-order valence-corrected chi connectivity index (χ0v) is 11.1. The van der Waals surface area contributed by atoms with Gasteiger partial charge in [0.1, 0.15) is 0 Å². The van der Waals surface area contributed by atoms with Crippen LogP contribution in [0.5, 0.6) is 0 Å². The first-order chi connectivity index (χ1) is 8.06. The molecule has 1 heterocycles. The first-order valence-corrected chi connectivity index (χ1v) is 6.12. The Kier molecular flexibility index (Phi) is 3.65. The van der Waals surface area contributed by atoms with Gasteiger partial charge in [-0.05, 0) is 35.7 Å². The Morgan fingerprint density at radius 1 is 1.06 bits per heavy atom. The highest BCUT2D eigenvalue weighted by Gasteiger charge is 2.08. The predicted molar refractivity (Wildman–Crippen MR) is 71.6 cm³/mol. The second kappa shape index (κ2) is 5.03. The lowest BCUT2D eigenvalue weighted by atomic mass is 10.1. The van der Waals surface area contributed by atoms with Gasteiger partial charge in [-0.15, -0.1) is 0 Å². The van der Waals surface area contributed by atoms with Crippen molar-refractivity contribution < 1.29 is 0 Å². The molecule has 0 spiro atoms. The molecule has 2 rings (SSSR count). The van der Waals surface area contributed by atoms with Gasteiger partial charge in [-0.1, -0.05) is 37.6 Å². The molecule has 0 fully saturated rings. The van der Waals surface area contributed by atoms with E-state index in [4.69, 9.17) is 23.2 Å². The van der Waals surface area contributed by atoms with Crippen LogP contribution in [0, 0.1) is 0 Å². The summed E-state index contributed by atoms with van der Waals surface area (Å²) >= 11 is 11.9. The van der Waals surface area contributed by atoms with Crippen LogP contribution in [-0.2, 0) is 0 Å². The molecule has 0 N–H and O–H groups in total. The monoisotopic (exact) mass is 266 g/mol. The molecular weight excluding hydrogens is 255 g/mol. The van der Waals surface area contributed by atoms with Crippen LogP contribution in [0.4, 0.5) is 0 Å². The largest absolute Gasteiger partial charge is 0.223 e. The van der Waals surface area contributed by atoms with E-state index in [-0.39, 0.29) is 5.28 Å². The summed E-state index contributed by atoms with van der Waals surface area (Å²) in [6.45, 7) is 4.14. The van der Waals surface area contributed by atoms with Crippen LogP contribution in [0.25, 0.3) is 11.3 Å². The second-order valence-corrected chi connectivity index (χ2v) is 4.89. The van der Waals surface area contributed by atoms with Gasteiger partial charge >= 0.3 is 0 Å². The van der Waals surface area contributed by atoms with E-state index in [1.807, 2.05) is 30.3 Å². The first-order valence-electron chi connectivity index (χ1n) is 5.36. The summed E-state index contributed by atoms with van der Waals surface area (Å²) in [5.74, 6) is 0.313. The van der Waals surface area contributed by atoms with Gasteiger partial charge in [0.2, 0.25) is 5.28 Å². The predicted octanol–water partition coefficient (Wildman–Crippen LogP) is 4.57. The fourth-order valence-corrected chi connectivity index (χ4v) is 1.91. The Morgan fingerprint density at radius 3 is 2.47 bits per heavy atom. The van der Waals surface area contributed by atoms with Gasteiger partial charge in [0, 0.05) is 16.3 Å². The van der Waals surface area contributed by atoms with E-state index < -0.39 is 0 Å². The molecule has 0 aliphatic carbocycles. The minimum atomic E-state index is 0.270. The molecule has 88 valence electrons. The number of hydrogen-bond donors (Lipinski definition) is 0. The van der Waals surface area contributed by atoms with Crippen LogP contribution in [0.3, 0.4) is 0 Å². The summed E-state index contributed by atoms with van der Waals surface area (Å²) in [4.78, 5) is 8.43. The van der Waals surface area contributed by atoms with Crippen molar-refractivity contribution in [3.63, 3.8) is 0 Å². The minimum Gasteiger partial charge on any atom is -0.223 e. The lowest BCUT2D eigenvalue weighted by molar-refractivity contribution is 0.815. The minimum absolute atomic E-state index is 0.270. The molecule has 0 bridgehead atoms. The summed E-state index contributed by atoms with van der Waals surface area (Å²) in [6, 6.07) is 9.49. The first kappa shape index (κ1) is 12.3. The Labute approximate surface area is 111 Å². The van der Waals surface area contributed by atoms with Crippen LogP contribution in [0.1, 0.15) is 25.5 Å². The molecule has 4 heteroatoms. The van der Waals surface area contributed by atoms with Crippen molar-refractivity contribution in [2.45, 2.75) is 19.8 Å². The van der Waals surface area contributed by atoms with Gasteiger partial charge in [0.25, 0.3) is 0 Å². The quantitative estimate of drug-likeness (QED) is 0.744. The third-order valence-electron chi connectivity index (χ3n) is 2.43. The zero-order valence-electron chi connectivity index (χ0n) is 9.61. The van der Waals surface area contributed by atoms with E-state index in [2.05, 4.69) is 23.8 Å². The van der Waals surface area contributed by atoms with Crippen molar-refractivity contribution in [1.29, 1.82) is 0 Å². The maximum atomic E-state index is 5.96. The van der Waals surface area contributed by atoms with Crippen LogP contribution in [0.2, 0.25) is 10.3 Å². The lowest BCUT2D eigenvalue weighted by Gasteiger charge is -2.08. The van der Waals surface area contributed by atoms with Gasteiger partial charge in [-0.2, -0.15) is 0 Å². The van der Waals surface area contributed by atoms with Gasteiger partial charge in [0.05, 0.1) is 5.69 Å². The third-order valence-corrected chi connectivity index (χ3v) is 2.83. The van der Waals surface area contributed by atoms with Gasteiger partial charge < -0.3 is 0 Å². The summed E-state index contributed by atoms with van der Waals surface area (Å²) in [7, 11) is 0. The smallest absolute Gasteiger partial charge is 0.223 e. The summed E-state index contributed by atoms with van der Waals surface area (Å²) < 4.78 is 0. The van der Waals surface area contributed by atoms with Crippen LogP contribution in [-0.4, -0.2) is 9.97 Å². The molecular formula is C13H12Cl2N2. The highest BCUT2D eigenvalue weighted by Crippen LogP contribution is 2.24. The number of benzene rings is 1. The SMILES string of the molecule is CC(C)c1cc(-c2cccc(Cl)c2)nc(Cl)n1. The molecule has 0 atom stereocenters. The van der Waals surface area contributed by atoms with Crippen molar-refractivity contribution in [2.75, 3.05) is 0 Å². The summed E-state index contributed by atoms with van der Waals surface area (Å²) in [5, 5.41) is 0.953. The van der Waals surface area contributed by atoms with Crippen molar-refractivity contribution >= 4 is 23.2 Å². The topological polar surface area (TPSA) is 25.8 Å². The highest BCUT2D eigenvalue weighted by molar-refractivity contribution is 6.30. The molecule has 0 aliphatic rings. The van der Waals surface area contributed by atoms with E-state index in [0.29, 0.717) is 10.9 Å². The van der Waals surface area contributed by atoms with Crippen LogP contribution in [0.15, 0.2) is 30.3 Å². The Bertz CT molecular complexity index is 539.